The van der Waals surface area contributed by atoms with Crippen molar-refractivity contribution >= 4 is 23.3 Å². The molecule has 3 aromatic carbocycles. The molecule has 1 aliphatic heterocycles. The summed E-state index contributed by atoms with van der Waals surface area (Å²) in [6, 6.07) is 20.4. The van der Waals surface area contributed by atoms with E-state index in [2.05, 4.69) is 10.4 Å². The van der Waals surface area contributed by atoms with Crippen molar-refractivity contribution in [2.45, 2.75) is 25.9 Å². The Kier molecular flexibility index (Phi) is 5.54. The Balaban J connectivity index is 1.48. The normalized spacial score (nSPS) is 13.8. The number of nitrogens with one attached hydrogen (secondary N) is 1. The van der Waals surface area contributed by atoms with Gasteiger partial charge in [0.25, 0.3) is 0 Å². The number of fused-ring (bicyclic) bond motifs is 1. The van der Waals surface area contributed by atoms with Crippen molar-refractivity contribution in [1.82, 2.24) is 9.78 Å². The third-order valence-corrected chi connectivity index (χ3v) is 6.01. The second-order valence-corrected chi connectivity index (χ2v) is 9.30. The summed E-state index contributed by atoms with van der Waals surface area (Å²) >= 11 is 6.08. The molecule has 1 N–H and O–H groups in total. The molecule has 0 fully saturated rings. The number of carbonyl (C=O) groups is 1. The fraction of sp³-hybridized carbons (Fsp3) is 0.185. The molecular weight excluding hydrogens is 450 g/mol. The Hall–Kier alpha value is -3.77. The van der Waals surface area contributed by atoms with Crippen LogP contribution in [0.25, 0.3) is 22.4 Å². The lowest BCUT2D eigenvalue weighted by atomic mass is 10.0. The van der Waals surface area contributed by atoms with Gasteiger partial charge in [-0.1, -0.05) is 35.9 Å². The number of carbonyl (C=O) groups excluding carboxylic acids is 1. The fourth-order valence-electron chi connectivity index (χ4n) is 4.15. The maximum atomic E-state index is 13.1. The molecule has 5 rings (SSSR count). The standard InChI is InChI=1S/C27H24ClN3O3/c1-27(2)15-19-14-21(10-13-24(19)34-27)29-26(32)31-16-23(17-6-11-22(33-3)12-7-17)25(30-31)18-4-8-20(28)9-5-18/h4-14,16H,15H2,1-3H3,(H,29,32). The molecule has 0 saturated carbocycles. The van der Waals surface area contributed by atoms with Gasteiger partial charge in [0.2, 0.25) is 0 Å². The van der Waals surface area contributed by atoms with Crippen molar-refractivity contribution in [2.75, 3.05) is 12.4 Å². The maximum absolute atomic E-state index is 13.1. The highest BCUT2D eigenvalue weighted by atomic mass is 35.5. The van der Waals surface area contributed by atoms with Crippen molar-refractivity contribution < 1.29 is 14.3 Å². The lowest BCUT2D eigenvalue weighted by Gasteiger charge is -2.16. The van der Waals surface area contributed by atoms with Gasteiger partial charge in [0.15, 0.2) is 0 Å². The van der Waals surface area contributed by atoms with Crippen molar-refractivity contribution in [3.63, 3.8) is 0 Å². The Morgan fingerprint density at radius 3 is 2.47 bits per heavy atom. The summed E-state index contributed by atoms with van der Waals surface area (Å²) in [5.41, 5.74) is 4.81. The first-order valence-corrected chi connectivity index (χ1v) is 11.3. The zero-order valence-corrected chi connectivity index (χ0v) is 19.9. The molecule has 0 bridgehead atoms. The van der Waals surface area contributed by atoms with Gasteiger partial charge in [0, 0.05) is 40.0 Å². The Labute approximate surface area is 203 Å². The van der Waals surface area contributed by atoms with Crippen LogP contribution in [0.5, 0.6) is 11.5 Å². The van der Waals surface area contributed by atoms with Gasteiger partial charge in [-0.05, 0) is 61.9 Å². The first-order valence-electron chi connectivity index (χ1n) is 10.9. The Morgan fingerprint density at radius 2 is 1.76 bits per heavy atom. The molecule has 0 spiro atoms. The smallest absolute Gasteiger partial charge is 0.346 e. The van der Waals surface area contributed by atoms with E-state index in [4.69, 9.17) is 21.1 Å². The maximum Gasteiger partial charge on any atom is 0.346 e. The van der Waals surface area contributed by atoms with Crippen molar-refractivity contribution in [3.8, 4) is 33.9 Å². The van der Waals surface area contributed by atoms with Crippen LogP contribution in [0.2, 0.25) is 5.02 Å². The van der Waals surface area contributed by atoms with Crippen LogP contribution >= 0.6 is 11.6 Å². The number of halogens is 1. The van der Waals surface area contributed by atoms with Gasteiger partial charge < -0.3 is 14.8 Å². The number of aromatic nitrogens is 2. The third-order valence-electron chi connectivity index (χ3n) is 5.76. The minimum atomic E-state index is -0.354. The SMILES string of the molecule is COc1ccc(-c2cn(C(=O)Nc3ccc4c(c3)CC(C)(C)O4)nc2-c2ccc(Cl)cc2)cc1. The number of benzene rings is 3. The summed E-state index contributed by atoms with van der Waals surface area (Å²) in [6.45, 7) is 4.10. The van der Waals surface area contributed by atoms with E-state index in [9.17, 15) is 4.79 Å². The first-order chi connectivity index (χ1) is 16.3. The van der Waals surface area contributed by atoms with E-state index in [-0.39, 0.29) is 11.6 Å². The van der Waals surface area contributed by atoms with Gasteiger partial charge in [-0.2, -0.15) is 9.78 Å². The van der Waals surface area contributed by atoms with E-state index in [1.165, 1.54) is 4.68 Å². The second-order valence-electron chi connectivity index (χ2n) is 8.86. The largest absolute Gasteiger partial charge is 0.497 e. The molecule has 0 aliphatic carbocycles. The van der Waals surface area contributed by atoms with Crippen LogP contribution in [0.15, 0.2) is 72.9 Å². The molecule has 1 aliphatic rings. The molecule has 6 nitrogen and oxygen atoms in total. The first kappa shape index (κ1) is 22.0. The minimum absolute atomic E-state index is 0.242. The second kappa shape index (κ2) is 8.54. The number of methoxy groups -OCH3 is 1. The molecular formula is C27H24ClN3O3. The Morgan fingerprint density at radius 1 is 1.06 bits per heavy atom. The number of amides is 1. The summed E-state index contributed by atoms with van der Waals surface area (Å²) in [6.07, 6.45) is 2.52. The van der Waals surface area contributed by atoms with Gasteiger partial charge in [-0.15, -0.1) is 0 Å². The summed E-state index contributed by atoms with van der Waals surface area (Å²) in [7, 11) is 1.63. The van der Waals surface area contributed by atoms with Crippen molar-refractivity contribution in [3.05, 3.63) is 83.5 Å². The van der Waals surface area contributed by atoms with Gasteiger partial charge in [-0.25, -0.2) is 4.79 Å². The summed E-state index contributed by atoms with van der Waals surface area (Å²) in [5.74, 6) is 1.61. The molecule has 0 atom stereocenters. The molecule has 4 aromatic rings. The number of anilines is 1. The zero-order valence-electron chi connectivity index (χ0n) is 19.1. The van der Waals surface area contributed by atoms with Crippen molar-refractivity contribution in [2.24, 2.45) is 0 Å². The number of ether oxygens (including phenoxy) is 2. The highest BCUT2D eigenvalue weighted by Gasteiger charge is 2.30. The van der Waals surface area contributed by atoms with Crippen LogP contribution in [0, 0.1) is 0 Å². The summed E-state index contributed by atoms with van der Waals surface area (Å²) in [5, 5.41) is 8.21. The molecule has 0 saturated heterocycles. The number of nitrogens with zero attached hydrogens (tertiary/aromatic N) is 2. The monoisotopic (exact) mass is 473 g/mol. The Bertz CT molecular complexity index is 1360. The zero-order chi connectivity index (χ0) is 23.9. The average molecular weight is 474 g/mol. The van der Waals surface area contributed by atoms with E-state index in [1.54, 1.807) is 13.3 Å². The van der Waals surface area contributed by atoms with E-state index < -0.39 is 0 Å². The topological polar surface area (TPSA) is 65.4 Å². The summed E-state index contributed by atoms with van der Waals surface area (Å²) < 4.78 is 12.5. The van der Waals surface area contributed by atoms with Crippen LogP contribution in [0.3, 0.4) is 0 Å². The van der Waals surface area contributed by atoms with Crippen LogP contribution < -0.4 is 14.8 Å². The van der Waals surface area contributed by atoms with Crippen molar-refractivity contribution in [1.29, 1.82) is 0 Å². The lowest BCUT2D eigenvalue weighted by Crippen LogP contribution is -2.24. The molecule has 7 heteroatoms. The quantitative estimate of drug-likeness (QED) is 0.359. The van der Waals surface area contributed by atoms with Crippen LogP contribution in [0.4, 0.5) is 10.5 Å². The molecule has 0 radical (unpaired) electrons. The highest BCUT2D eigenvalue weighted by Crippen LogP contribution is 2.36. The predicted molar refractivity (Wildman–Crippen MR) is 134 cm³/mol. The lowest BCUT2D eigenvalue weighted by molar-refractivity contribution is 0.138. The summed E-state index contributed by atoms with van der Waals surface area (Å²) in [4.78, 5) is 13.1. The fourth-order valence-corrected chi connectivity index (χ4v) is 4.27. The highest BCUT2D eigenvalue weighted by molar-refractivity contribution is 6.30. The molecule has 34 heavy (non-hydrogen) atoms. The molecule has 172 valence electrons. The third kappa shape index (κ3) is 4.37. The van der Waals surface area contributed by atoms with E-state index in [1.807, 2.05) is 80.6 Å². The number of rotatable bonds is 4. The molecule has 2 heterocycles. The predicted octanol–water partition coefficient (Wildman–Crippen LogP) is 6.67. The number of hydrogen-bond donors (Lipinski definition) is 1. The van der Waals surface area contributed by atoms with Crippen LogP contribution in [0.1, 0.15) is 19.4 Å². The number of hydrogen-bond acceptors (Lipinski definition) is 4. The van der Waals surface area contributed by atoms with Gasteiger partial charge in [-0.3, -0.25) is 0 Å². The molecule has 0 unspecified atom stereocenters. The van der Waals surface area contributed by atoms with E-state index in [0.717, 1.165) is 40.2 Å². The van der Waals surface area contributed by atoms with Gasteiger partial charge >= 0.3 is 6.03 Å². The van der Waals surface area contributed by atoms with Gasteiger partial charge in [0.05, 0.1) is 7.11 Å². The molecule has 1 amide bonds. The van der Waals surface area contributed by atoms with Crippen LogP contribution in [-0.2, 0) is 6.42 Å². The van der Waals surface area contributed by atoms with Gasteiger partial charge in [0.1, 0.15) is 22.8 Å². The average Bonchev–Trinajstić information content (AvgIpc) is 3.39. The minimum Gasteiger partial charge on any atom is -0.497 e. The van der Waals surface area contributed by atoms with E-state index in [0.29, 0.717) is 16.4 Å². The van der Waals surface area contributed by atoms with Crippen LogP contribution in [-0.4, -0.2) is 28.5 Å². The van der Waals surface area contributed by atoms with E-state index >= 15 is 0 Å². The molecule has 1 aromatic heterocycles.